The summed E-state index contributed by atoms with van der Waals surface area (Å²) in [6.07, 6.45) is 2.06. The van der Waals surface area contributed by atoms with Crippen LogP contribution in [0, 0.1) is 5.92 Å². The van der Waals surface area contributed by atoms with Crippen molar-refractivity contribution in [3.8, 4) is 0 Å². The third-order valence-corrected chi connectivity index (χ3v) is 2.96. The Morgan fingerprint density at radius 3 is 2.87 bits per heavy atom. The maximum absolute atomic E-state index is 10.8. The van der Waals surface area contributed by atoms with Crippen LogP contribution < -0.4 is 5.32 Å². The standard InChI is InChI=1S/C12H15NO2/c1-13-7-8-4-9-2-3-10(12(14)15)6-11(9)5-8/h2-3,6,8,13H,4-5,7H2,1H3,(H,14,15). The van der Waals surface area contributed by atoms with Crippen molar-refractivity contribution in [1.82, 2.24) is 5.32 Å². The van der Waals surface area contributed by atoms with Crippen molar-refractivity contribution in [3.63, 3.8) is 0 Å². The zero-order valence-electron chi connectivity index (χ0n) is 8.79. The van der Waals surface area contributed by atoms with E-state index in [-0.39, 0.29) is 0 Å². The Labute approximate surface area is 89.1 Å². The molecule has 0 spiro atoms. The number of aromatic carboxylic acids is 1. The lowest BCUT2D eigenvalue weighted by Gasteiger charge is -2.05. The molecule has 0 saturated carbocycles. The highest BCUT2D eigenvalue weighted by atomic mass is 16.4. The van der Waals surface area contributed by atoms with Gasteiger partial charge in [0.2, 0.25) is 0 Å². The van der Waals surface area contributed by atoms with Crippen molar-refractivity contribution < 1.29 is 9.90 Å². The molecule has 0 fully saturated rings. The minimum atomic E-state index is -0.838. The molecule has 2 N–H and O–H groups in total. The van der Waals surface area contributed by atoms with Gasteiger partial charge in [0.25, 0.3) is 0 Å². The van der Waals surface area contributed by atoms with E-state index in [9.17, 15) is 4.79 Å². The van der Waals surface area contributed by atoms with Gasteiger partial charge in [-0.05, 0) is 55.6 Å². The Morgan fingerprint density at radius 1 is 1.47 bits per heavy atom. The van der Waals surface area contributed by atoms with Gasteiger partial charge in [-0.2, -0.15) is 0 Å². The van der Waals surface area contributed by atoms with E-state index in [0.29, 0.717) is 11.5 Å². The maximum Gasteiger partial charge on any atom is 0.335 e. The first kappa shape index (κ1) is 10.2. The van der Waals surface area contributed by atoms with E-state index in [1.807, 2.05) is 19.2 Å². The number of hydrogen-bond acceptors (Lipinski definition) is 2. The normalized spacial score (nSPS) is 18.9. The fourth-order valence-corrected chi connectivity index (χ4v) is 2.28. The lowest BCUT2D eigenvalue weighted by Crippen LogP contribution is -2.18. The molecule has 0 amide bonds. The summed E-state index contributed by atoms with van der Waals surface area (Å²) in [5, 5.41) is 12.0. The van der Waals surface area contributed by atoms with Crippen molar-refractivity contribution in [2.45, 2.75) is 12.8 Å². The van der Waals surface area contributed by atoms with Gasteiger partial charge in [0.1, 0.15) is 0 Å². The van der Waals surface area contributed by atoms with Crippen LogP contribution in [0.1, 0.15) is 21.5 Å². The summed E-state index contributed by atoms with van der Waals surface area (Å²) in [4.78, 5) is 10.8. The number of benzene rings is 1. The van der Waals surface area contributed by atoms with Gasteiger partial charge < -0.3 is 10.4 Å². The molecule has 1 aromatic carbocycles. The summed E-state index contributed by atoms with van der Waals surface area (Å²) in [5.74, 6) is -0.219. The zero-order valence-corrected chi connectivity index (χ0v) is 8.79. The highest BCUT2D eigenvalue weighted by Gasteiger charge is 2.21. The lowest BCUT2D eigenvalue weighted by atomic mass is 10.1. The second-order valence-electron chi connectivity index (χ2n) is 4.12. The van der Waals surface area contributed by atoms with E-state index in [0.717, 1.165) is 19.4 Å². The monoisotopic (exact) mass is 205 g/mol. The smallest absolute Gasteiger partial charge is 0.335 e. The fraction of sp³-hybridized carbons (Fsp3) is 0.417. The second-order valence-corrected chi connectivity index (χ2v) is 4.12. The number of hydrogen-bond donors (Lipinski definition) is 2. The summed E-state index contributed by atoms with van der Waals surface area (Å²) in [6, 6.07) is 5.46. The van der Waals surface area contributed by atoms with E-state index in [1.54, 1.807) is 6.07 Å². The highest BCUT2D eigenvalue weighted by molar-refractivity contribution is 5.88. The largest absolute Gasteiger partial charge is 0.478 e. The summed E-state index contributed by atoms with van der Waals surface area (Å²) in [6.45, 7) is 0.997. The molecule has 3 nitrogen and oxygen atoms in total. The van der Waals surface area contributed by atoms with Gasteiger partial charge in [-0.15, -0.1) is 0 Å². The Balaban J connectivity index is 2.20. The number of carboxylic acids is 1. The Hall–Kier alpha value is -1.35. The average molecular weight is 205 g/mol. The van der Waals surface area contributed by atoms with Crippen LogP contribution in [0.2, 0.25) is 0 Å². The topological polar surface area (TPSA) is 49.3 Å². The van der Waals surface area contributed by atoms with E-state index in [4.69, 9.17) is 5.11 Å². The number of rotatable bonds is 3. The molecule has 1 aliphatic carbocycles. The molecule has 15 heavy (non-hydrogen) atoms. The van der Waals surface area contributed by atoms with Crippen LogP contribution in [0.25, 0.3) is 0 Å². The molecule has 1 atom stereocenters. The van der Waals surface area contributed by atoms with E-state index in [1.165, 1.54) is 11.1 Å². The predicted molar refractivity (Wildman–Crippen MR) is 58.2 cm³/mol. The first-order valence-electron chi connectivity index (χ1n) is 5.20. The Bertz CT molecular complexity index is 387. The van der Waals surface area contributed by atoms with Gasteiger partial charge in [0.15, 0.2) is 0 Å². The molecule has 3 heteroatoms. The molecule has 0 saturated heterocycles. The molecule has 1 aliphatic rings. The average Bonchev–Trinajstić information content (AvgIpc) is 2.59. The molecule has 2 rings (SSSR count). The minimum Gasteiger partial charge on any atom is -0.478 e. The van der Waals surface area contributed by atoms with E-state index >= 15 is 0 Å². The van der Waals surface area contributed by atoms with Crippen molar-refractivity contribution >= 4 is 5.97 Å². The quantitative estimate of drug-likeness (QED) is 0.782. The molecule has 0 bridgehead atoms. The second kappa shape index (κ2) is 4.03. The van der Waals surface area contributed by atoms with Crippen molar-refractivity contribution in [3.05, 3.63) is 34.9 Å². The van der Waals surface area contributed by atoms with Crippen LogP contribution in [0.15, 0.2) is 18.2 Å². The zero-order chi connectivity index (χ0) is 10.8. The van der Waals surface area contributed by atoms with Gasteiger partial charge in [-0.3, -0.25) is 0 Å². The molecular weight excluding hydrogens is 190 g/mol. The molecule has 1 unspecified atom stereocenters. The Kier molecular flexibility index (Phi) is 2.73. The molecule has 0 radical (unpaired) electrons. The molecule has 0 aromatic heterocycles. The van der Waals surface area contributed by atoms with Crippen LogP contribution in [0.5, 0.6) is 0 Å². The minimum absolute atomic E-state index is 0.402. The molecular formula is C12H15NO2. The number of carboxylic acid groups (broad SMARTS) is 1. The summed E-state index contributed by atoms with van der Waals surface area (Å²) >= 11 is 0. The Morgan fingerprint density at radius 2 is 2.20 bits per heavy atom. The lowest BCUT2D eigenvalue weighted by molar-refractivity contribution is 0.0697. The third kappa shape index (κ3) is 2.02. The third-order valence-electron chi connectivity index (χ3n) is 2.96. The van der Waals surface area contributed by atoms with Crippen LogP contribution in [-0.4, -0.2) is 24.7 Å². The van der Waals surface area contributed by atoms with Crippen LogP contribution in [0.4, 0.5) is 0 Å². The van der Waals surface area contributed by atoms with Crippen molar-refractivity contribution in [1.29, 1.82) is 0 Å². The highest BCUT2D eigenvalue weighted by Crippen LogP contribution is 2.27. The van der Waals surface area contributed by atoms with Crippen LogP contribution in [-0.2, 0) is 12.8 Å². The van der Waals surface area contributed by atoms with Gasteiger partial charge in [-0.1, -0.05) is 6.07 Å². The first-order chi connectivity index (χ1) is 7.20. The molecule has 0 heterocycles. The maximum atomic E-state index is 10.8. The van der Waals surface area contributed by atoms with Crippen LogP contribution in [0.3, 0.4) is 0 Å². The van der Waals surface area contributed by atoms with Crippen LogP contribution >= 0.6 is 0 Å². The number of carbonyl (C=O) groups is 1. The first-order valence-corrected chi connectivity index (χ1v) is 5.20. The summed E-state index contributed by atoms with van der Waals surface area (Å²) in [7, 11) is 1.95. The number of nitrogens with one attached hydrogen (secondary N) is 1. The van der Waals surface area contributed by atoms with Gasteiger partial charge in [0.05, 0.1) is 5.56 Å². The van der Waals surface area contributed by atoms with E-state index in [2.05, 4.69) is 5.32 Å². The van der Waals surface area contributed by atoms with Crippen molar-refractivity contribution in [2.24, 2.45) is 5.92 Å². The molecule has 1 aromatic rings. The summed E-state index contributed by atoms with van der Waals surface area (Å²) in [5.41, 5.74) is 2.91. The predicted octanol–water partition coefficient (Wildman–Crippen LogP) is 1.32. The van der Waals surface area contributed by atoms with Gasteiger partial charge in [-0.25, -0.2) is 4.79 Å². The van der Waals surface area contributed by atoms with E-state index < -0.39 is 5.97 Å². The van der Waals surface area contributed by atoms with Crippen molar-refractivity contribution in [2.75, 3.05) is 13.6 Å². The number of fused-ring (bicyclic) bond motifs is 1. The van der Waals surface area contributed by atoms with Gasteiger partial charge in [0, 0.05) is 0 Å². The summed E-state index contributed by atoms with van der Waals surface area (Å²) < 4.78 is 0. The molecule has 0 aliphatic heterocycles. The molecule has 80 valence electrons. The SMILES string of the molecule is CNCC1Cc2ccc(C(=O)O)cc2C1. The van der Waals surface area contributed by atoms with Gasteiger partial charge >= 0.3 is 5.97 Å². The fourth-order valence-electron chi connectivity index (χ4n) is 2.28.